The van der Waals surface area contributed by atoms with Gasteiger partial charge in [-0.2, -0.15) is 0 Å². The molecule has 5 heteroatoms. The quantitative estimate of drug-likeness (QED) is 0.0587. The predicted octanol–water partition coefficient (Wildman–Crippen LogP) is 6.83. The van der Waals surface area contributed by atoms with E-state index in [1.165, 1.54) is 8.86 Å². The first kappa shape index (κ1) is 25.8. The standard InChI is InChI=1S/C20H36I2O3/c1-3-19(13-9-5-7-11-15-21)24-17-23-18-25-20(4-2)14-10-6-8-12-16-22/h5-8,19-20H,3-4,9-18H2,1-2H3. The van der Waals surface area contributed by atoms with E-state index in [-0.39, 0.29) is 12.2 Å². The van der Waals surface area contributed by atoms with Gasteiger partial charge in [-0.05, 0) is 51.4 Å². The van der Waals surface area contributed by atoms with Crippen molar-refractivity contribution in [2.24, 2.45) is 0 Å². The number of alkyl halides is 2. The van der Waals surface area contributed by atoms with Gasteiger partial charge in [-0.15, -0.1) is 0 Å². The van der Waals surface area contributed by atoms with Crippen LogP contribution in [0, 0.1) is 0 Å². The summed E-state index contributed by atoms with van der Waals surface area (Å²) in [5.74, 6) is 0. The van der Waals surface area contributed by atoms with Gasteiger partial charge in [0.25, 0.3) is 0 Å². The van der Waals surface area contributed by atoms with Crippen molar-refractivity contribution in [2.75, 3.05) is 22.4 Å². The third-order valence-corrected chi connectivity index (χ3v) is 5.13. The monoisotopic (exact) mass is 578 g/mol. The number of rotatable bonds is 18. The maximum atomic E-state index is 5.79. The summed E-state index contributed by atoms with van der Waals surface area (Å²) in [5, 5.41) is 0. The fraction of sp³-hybridized carbons (Fsp3) is 0.800. The lowest BCUT2D eigenvalue weighted by molar-refractivity contribution is -0.166. The normalized spacial score (nSPS) is 14.6. The molecule has 0 radical (unpaired) electrons. The first-order valence-corrected chi connectivity index (χ1v) is 12.6. The second kappa shape index (κ2) is 21.1. The van der Waals surface area contributed by atoms with Gasteiger partial charge in [-0.25, -0.2) is 0 Å². The van der Waals surface area contributed by atoms with Crippen molar-refractivity contribution in [3.05, 3.63) is 24.3 Å². The SMILES string of the molecule is CCC(CCC=CCCI)OCOCOC(CC)CCC=CCCI. The molecule has 0 aliphatic rings. The summed E-state index contributed by atoms with van der Waals surface area (Å²) in [5.41, 5.74) is 0. The van der Waals surface area contributed by atoms with Gasteiger partial charge in [0.1, 0.15) is 13.6 Å². The van der Waals surface area contributed by atoms with Crippen LogP contribution in [0.5, 0.6) is 0 Å². The van der Waals surface area contributed by atoms with E-state index < -0.39 is 0 Å². The van der Waals surface area contributed by atoms with Crippen molar-refractivity contribution in [2.45, 2.75) is 77.4 Å². The van der Waals surface area contributed by atoms with Gasteiger partial charge < -0.3 is 14.2 Å². The highest BCUT2D eigenvalue weighted by molar-refractivity contribution is 14.1. The summed E-state index contributed by atoms with van der Waals surface area (Å²) in [6.07, 6.45) is 18.2. The molecule has 0 rings (SSSR count). The number of hydrogen-bond acceptors (Lipinski definition) is 3. The summed E-state index contributed by atoms with van der Waals surface area (Å²) in [6, 6.07) is 0. The smallest absolute Gasteiger partial charge is 0.149 e. The molecule has 0 bridgehead atoms. The first-order chi connectivity index (χ1) is 12.3. The second-order valence-electron chi connectivity index (χ2n) is 5.89. The molecule has 0 heterocycles. The highest BCUT2D eigenvalue weighted by Crippen LogP contribution is 2.10. The van der Waals surface area contributed by atoms with Crippen molar-refractivity contribution in [1.29, 1.82) is 0 Å². The number of hydrogen-bond donors (Lipinski definition) is 0. The van der Waals surface area contributed by atoms with Gasteiger partial charge in [0, 0.05) is 8.86 Å². The van der Waals surface area contributed by atoms with E-state index >= 15 is 0 Å². The second-order valence-corrected chi connectivity index (χ2v) is 8.04. The molecule has 2 atom stereocenters. The number of halogens is 2. The zero-order valence-corrected chi connectivity index (χ0v) is 20.2. The molecule has 148 valence electrons. The number of ether oxygens (including phenoxy) is 3. The van der Waals surface area contributed by atoms with E-state index in [4.69, 9.17) is 14.2 Å². The van der Waals surface area contributed by atoms with Gasteiger partial charge in [0.15, 0.2) is 0 Å². The van der Waals surface area contributed by atoms with Crippen molar-refractivity contribution >= 4 is 45.2 Å². The van der Waals surface area contributed by atoms with Gasteiger partial charge in [-0.1, -0.05) is 83.3 Å². The topological polar surface area (TPSA) is 27.7 Å². The minimum Gasteiger partial charge on any atom is -0.352 e. The molecular weight excluding hydrogens is 542 g/mol. The van der Waals surface area contributed by atoms with Crippen molar-refractivity contribution in [3.8, 4) is 0 Å². The number of allylic oxidation sites excluding steroid dienone is 4. The average molecular weight is 578 g/mol. The molecule has 0 aliphatic carbocycles. The molecule has 25 heavy (non-hydrogen) atoms. The Morgan fingerprint density at radius 3 is 1.44 bits per heavy atom. The highest BCUT2D eigenvalue weighted by Gasteiger charge is 2.07. The minimum atomic E-state index is 0.272. The van der Waals surface area contributed by atoms with Crippen LogP contribution in [0.1, 0.15) is 65.2 Å². The molecule has 0 spiro atoms. The Morgan fingerprint density at radius 2 is 1.08 bits per heavy atom. The molecule has 0 fully saturated rings. The fourth-order valence-electron chi connectivity index (χ4n) is 2.29. The molecule has 0 N–H and O–H groups in total. The Morgan fingerprint density at radius 1 is 0.680 bits per heavy atom. The Labute approximate surface area is 182 Å². The largest absolute Gasteiger partial charge is 0.352 e. The molecule has 0 aromatic heterocycles. The van der Waals surface area contributed by atoms with Crippen LogP contribution in [0.15, 0.2) is 24.3 Å². The zero-order valence-electron chi connectivity index (χ0n) is 15.9. The van der Waals surface area contributed by atoms with Crippen molar-refractivity contribution < 1.29 is 14.2 Å². The molecule has 0 aromatic carbocycles. The summed E-state index contributed by atoms with van der Waals surface area (Å²) in [6.45, 7) is 4.97. The zero-order chi connectivity index (χ0) is 18.6. The maximum Gasteiger partial charge on any atom is 0.149 e. The predicted molar refractivity (Wildman–Crippen MR) is 125 cm³/mol. The summed E-state index contributed by atoms with van der Waals surface area (Å²) < 4.78 is 19.5. The Kier molecular flexibility index (Phi) is 21.8. The lowest BCUT2D eigenvalue weighted by Crippen LogP contribution is -2.18. The minimum absolute atomic E-state index is 0.272. The Hall–Kier alpha value is 0.820. The molecular formula is C20H36I2O3. The Bertz CT molecular complexity index is 292. The maximum absolute atomic E-state index is 5.79. The molecule has 0 aliphatic heterocycles. The van der Waals surface area contributed by atoms with Gasteiger partial charge in [0.05, 0.1) is 12.2 Å². The molecule has 2 unspecified atom stereocenters. The molecule has 0 aromatic rings. The third-order valence-electron chi connectivity index (χ3n) is 3.88. The van der Waals surface area contributed by atoms with Crippen LogP contribution in [0.25, 0.3) is 0 Å². The third kappa shape index (κ3) is 18.0. The summed E-state index contributed by atoms with van der Waals surface area (Å²) in [7, 11) is 0. The average Bonchev–Trinajstić information content (AvgIpc) is 2.64. The first-order valence-electron chi connectivity index (χ1n) is 9.51. The van der Waals surface area contributed by atoms with Gasteiger partial charge >= 0.3 is 0 Å². The van der Waals surface area contributed by atoms with Crippen molar-refractivity contribution in [3.63, 3.8) is 0 Å². The van der Waals surface area contributed by atoms with E-state index in [0.29, 0.717) is 13.6 Å². The summed E-state index contributed by atoms with van der Waals surface area (Å²) >= 11 is 4.80. The van der Waals surface area contributed by atoms with E-state index in [0.717, 1.165) is 51.4 Å². The van der Waals surface area contributed by atoms with E-state index in [1.807, 2.05) is 0 Å². The van der Waals surface area contributed by atoms with E-state index in [1.54, 1.807) is 0 Å². The fourth-order valence-corrected chi connectivity index (χ4v) is 3.01. The van der Waals surface area contributed by atoms with Crippen LogP contribution in [0.4, 0.5) is 0 Å². The molecule has 3 nitrogen and oxygen atoms in total. The molecule has 0 saturated heterocycles. The van der Waals surface area contributed by atoms with Crippen LogP contribution in [0.2, 0.25) is 0 Å². The van der Waals surface area contributed by atoms with E-state index in [9.17, 15) is 0 Å². The van der Waals surface area contributed by atoms with Gasteiger partial charge in [0.2, 0.25) is 0 Å². The van der Waals surface area contributed by atoms with E-state index in [2.05, 4.69) is 83.3 Å². The van der Waals surface area contributed by atoms with Crippen LogP contribution in [0.3, 0.4) is 0 Å². The molecule has 0 saturated carbocycles. The van der Waals surface area contributed by atoms with Gasteiger partial charge in [-0.3, -0.25) is 0 Å². The van der Waals surface area contributed by atoms with Crippen molar-refractivity contribution in [1.82, 2.24) is 0 Å². The Balaban J connectivity index is 3.68. The highest BCUT2D eigenvalue weighted by atomic mass is 127. The molecule has 0 amide bonds. The lowest BCUT2D eigenvalue weighted by atomic mass is 10.1. The van der Waals surface area contributed by atoms with Crippen LogP contribution < -0.4 is 0 Å². The lowest BCUT2D eigenvalue weighted by Gasteiger charge is -2.18. The summed E-state index contributed by atoms with van der Waals surface area (Å²) in [4.78, 5) is 0. The van der Waals surface area contributed by atoms with Crippen LogP contribution in [-0.4, -0.2) is 34.6 Å². The van der Waals surface area contributed by atoms with Crippen LogP contribution in [-0.2, 0) is 14.2 Å². The van der Waals surface area contributed by atoms with Crippen LogP contribution >= 0.6 is 45.2 Å².